The van der Waals surface area contributed by atoms with Gasteiger partial charge in [0.15, 0.2) is 5.78 Å². The van der Waals surface area contributed by atoms with Crippen LogP contribution >= 0.6 is 15.9 Å². The Balaban J connectivity index is 1.79. The predicted octanol–water partition coefficient (Wildman–Crippen LogP) is 3.65. The number of carbonyl (C=O) groups excluding carboxylic acids is 1. The lowest BCUT2D eigenvalue weighted by Gasteiger charge is -2.28. The minimum atomic E-state index is 0.206. The summed E-state index contributed by atoms with van der Waals surface area (Å²) in [5.41, 5.74) is 0.785. The fraction of sp³-hybridized carbons (Fsp3) is 0.588. The van der Waals surface area contributed by atoms with Crippen LogP contribution in [0.1, 0.15) is 48.9 Å². The third-order valence-electron chi connectivity index (χ3n) is 4.23. The molecule has 1 N–H and O–H groups in total. The number of hydrogen-bond donors (Lipinski definition) is 1. The molecule has 3 nitrogen and oxygen atoms in total. The number of carbonyl (C=O) groups is 1. The van der Waals surface area contributed by atoms with Gasteiger partial charge < -0.3 is 5.11 Å². The summed E-state index contributed by atoms with van der Waals surface area (Å²) in [6.45, 7) is 2.20. The van der Waals surface area contributed by atoms with E-state index < -0.39 is 0 Å². The van der Waals surface area contributed by atoms with Gasteiger partial charge in [0.25, 0.3) is 0 Å². The first-order valence-electron chi connectivity index (χ1n) is 7.84. The third-order valence-corrected chi connectivity index (χ3v) is 4.75. The molecular formula is C17H24BrNO2. The van der Waals surface area contributed by atoms with Gasteiger partial charge in [-0.25, -0.2) is 0 Å². The van der Waals surface area contributed by atoms with E-state index in [9.17, 15) is 9.90 Å². The highest BCUT2D eigenvalue weighted by atomic mass is 79.9. The maximum atomic E-state index is 12.1. The summed E-state index contributed by atoms with van der Waals surface area (Å²) in [5.74, 6) is 0.206. The average Bonchev–Trinajstić information content (AvgIpc) is 2.73. The maximum Gasteiger partial charge on any atom is 0.162 e. The summed E-state index contributed by atoms with van der Waals surface area (Å²) in [6, 6.07) is 7.84. The minimum absolute atomic E-state index is 0.206. The second kappa shape index (κ2) is 8.66. The molecule has 1 atom stereocenters. The number of Topliss-reactive ketones (excluding diaryl/α,β-unsaturated/α-hetero) is 1. The Bertz CT molecular complexity index is 447. The summed E-state index contributed by atoms with van der Waals surface area (Å²) in [6.07, 6.45) is 6.19. The molecule has 116 valence electrons. The monoisotopic (exact) mass is 353 g/mol. The standard InChI is InChI=1S/C17H24BrNO2/c18-15-9-7-14(8-10-15)17(21)6-4-12-19-11-3-1-2-5-16(19)13-20/h7-10,16,20H,1-6,11-13H2. The Labute approximate surface area is 135 Å². The van der Waals surface area contributed by atoms with E-state index in [1.54, 1.807) is 0 Å². The second-order valence-corrected chi connectivity index (χ2v) is 6.67. The van der Waals surface area contributed by atoms with Crippen molar-refractivity contribution < 1.29 is 9.90 Å². The zero-order valence-corrected chi connectivity index (χ0v) is 14.0. The lowest BCUT2D eigenvalue weighted by molar-refractivity contribution is 0.0955. The molecule has 0 amide bonds. The summed E-state index contributed by atoms with van der Waals surface area (Å²) in [7, 11) is 0. The second-order valence-electron chi connectivity index (χ2n) is 5.76. The van der Waals surface area contributed by atoms with Crippen LogP contribution in [0.2, 0.25) is 0 Å². The van der Waals surface area contributed by atoms with Gasteiger partial charge in [0.1, 0.15) is 0 Å². The molecule has 1 fully saturated rings. The number of hydrogen-bond acceptors (Lipinski definition) is 3. The highest BCUT2D eigenvalue weighted by molar-refractivity contribution is 9.10. The SMILES string of the molecule is O=C(CCCN1CCCCCC1CO)c1ccc(Br)cc1. The number of halogens is 1. The Morgan fingerprint density at radius 2 is 2.00 bits per heavy atom. The van der Waals surface area contributed by atoms with Crippen LogP contribution in [0, 0.1) is 0 Å². The Morgan fingerprint density at radius 3 is 2.71 bits per heavy atom. The summed E-state index contributed by atoms with van der Waals surface area (Å²) >= 11 is 3.38. The van der Waals surface area contributed by atoms with Crippen molar-refractivity contribution in [2.24, 2.45) is 0 Å². The molecule has 0 radical (unpaired) electrons. The number of aliphatic hydroxyl groups is 1. The van der Waals surface area contributed by atoms with Crippen molar-refractivity contribution in [3.05, 3.63) is 34.3 Å². The minimum Gasteiger partial charge on any atom is -0.395 e. The molecule has 1 aliphatic heterocycles. The molecule has 0 aromatic heterocycles. The van der Waals surface area contributed by atoms with E-state index in [1.165, 1.54) is 19.3 Å². The smallest absolute Gasteiger partial charge is 0.162 e. The van der Waals surface area contributed by atoms with Gasteiger partial charge in [-0.1, -0.05) is 40.9 Å². The van der Waals surface area contributed by atoms with Crippen molar-refractivity contribution in [1.82, 2.24) is 4.90 Å². The molecule has 1 unspecified atom stereocenters. The lowest BCUT2D eigenvalue weighted by atomic mass is 10.1. The number of likely N-dealkylation sites (tertiary alicyclic amines) is 1. The summed E-state index contributed by atoms with van der Waals surface area (Å²) in [5, 5.41) is 9.49. The lowest BCUT2D eigenvalue weighted by Crippen LogP contribution is -2.38. The molecule has 1 aromatic rings. The molecule has 0 aliphatic carbocycles. The molecule has 1 aromatic carbocycles. The van der Waals surface area contributed by atoms with Crippen molar-refractivity contribution in [2.45, 2.75) is 44.6 Å². The van der Waals surface area contributed by atoms with E-state index in [4.69, 9.17) is 0 Å². The van der Waals surface area contributed by atoms with Crippen molar-refractivity contribution in [3.63, 3.8) is 0 Å². The molecule has 0 spiro atoms. The first-order valence-corrected chi connectivity index (χ1v) is 8.63. The molecular weight excluding hydrogens is 330 g/mol. The van der Waals surface area contributed by atoms with Gasteiger partial charge in [-0.2, -0.15) is 0 Å². The van der Waals surface area contributed by atoms with Crippen LogP contribution in [0.5, 0.6) is 0 Å². The Kier molecular flexibility index (Phi) is 6.87. The van der Waals surface area contributed by atoms with Gasteiger partial charge >= 0.3 is 0 Å². The van der Waals surface area contributed by atoms with Crippen molar-refractivity contribution in [2.75, 3.05) is 19.7 Å². The van der Waals surface area contributed by atoms with Crippen LogP contribution in [-0.2, 0) is 0 Å². The molecule has 1 aliphatic rings. The summed E-state index contributed by atoms with van der Waals surface area (Å²) < 4.78 is 0.995. The van der Waals surface area contributed by atoms with Gasteiger partial charge in [-0.3, -0.25) is 9.69 Å². The molecule has 2 rings (SSSR count). The third kappa shape index (κ3) is 5.20. The van der Waals surface area contributed by atoms with Crippen molar-refractivity contribution in [3.8, 4) is 0 Å². The van der Waals surface area contributed by atoms with Gasteiger partial charge in [0, 0.05) is 22.5 Å². The van der Waals surface area contributed by atoms with E-state index in [0.29, 0.717) is 6.42 Å². The summed E-state index contributed by atoms with van der Waals surface area (Å²) in [4.78, 5) is 14.5. The van der Waals surface area contributed by atoms with Gasteiger partial charge in [-0.15, -0.1) is 0 Å². The van der Waals surface area contributed by atoms with Crippen LogP contribution < -0.4 is 0 Å². The maximum absolute atomic E-state index is 12.1. The normalized spacial score (nSPS) is 20.2. The van der Waals surface area contributed by atoms with E-state index in [0.717, 1.165) is 36.0 Å². The molecule has 0 bridgehead atoms. The van der Waals surface area contributed by atoms with E-state index in [2.05, 4.69) is 20.8 Å². The quantitative estimate of drug-likeness (QED) is 0.793. The number of benzene rings is 1. The molecule has 4 heteroatoms. The van der Waals surface area contributed by atoms with Gasteiger partial charge in [0.2, 0.25) is 0 Å². The largest absolute Gasteiger partial charge is 0.395 e. The zero-order chi connectivity index (χ0) is 15.1. The van der Waals surface area contributed by atoms with Gasteiger partial charge in [0.05, 0.1) is 6.61 Å². The molecule has 0 saturated carbocycles. The topological polar surface area (TPSA) is 40.5 Å². The van der Waals surface area contributed by atoms with E-state index >= 15 is 0 Å². The van der Waals surface area contributed by atoms with Crippen LogP contribution in [0.3, 0.4) is 0 Å². The van der Waals surface area contributed by atoms with Crippen LogP contribution in [-0.4, -0.2) is 41.5 Å². The number of aliphatic hydroxyl groups excluding tert-OH is 1. The number of ketones is 1. The molecule has 1 saturated heterocycles. The first kappa shape index (κ1) is 16.7. The van der Waals surface area contributed by atoms with E-state index in [1.807, 2.05) is 24.3 Å². The molecule has 1 heterocycles. The molecule has 21 heavy (non-hydrogen) atoms. The average molecular weight is 354 g/mol. The fourth-order valence-corrected chi connectivity index (χ4v) is 3.23. The van der Waals surface area contributed by atoms with Crippen molar-refractivity contribution >= 4 is 21.7 Å². The van der Waals surface area contributed by atoms with Crippen LogP contribution in [0.25, 0.3) is 0 Å². The number of rotatable bonds is 6. The predicted molar refractivity (Wildman–Crippen MR) is 88.6 cm³/mol. The first-order chi connectivity index (χ1) is 10.2. The van der Waals surface area contributed by atoms with Crippen LogP contribution in [0.4, 0.5) is 0 Å². The van der Waals surface area contributed by atoms with Gasteiger partial charge in [-0.05, 0) is 44.5 Å². The highest BCUT2D eigenvalue weighted by Gasteiger charge is 2.19. The highest BCUT2D eigenvalue weighted by Crippen LogP contribution is 2.18. The van der Waals surface area contributed by atoms with E-state index in [-0.39, 0.29) is 18.4 Å². The van der Waals surface area contributed by atoms with Crippen molar-refractivity contribution in [1.29, 1.82) is 0 Å². The fourth-order valence-electron chi connectivity index (χ4n) is 2.96. The number of nitrogens with zero attached hydrogens (tertiary/aromatic N) is 1. The Hall–Kier alpha value is -0.710. The zero-order valence-electron chi connectivity index (χ0n) is 12.4. The Morgan fingerprint density at radius 1 is 1.24 bits per heavy atom. The van der Waals surface area contributed by atoms with Crippen LogP contribution in [0.15, 0.2) is 28.7 Å².